The van der Waals surface area contributed by atoms with Gasteiger partial charge in [0.25, 0.3) is 0 Å². The number of aliphatic hydroxyl groups is 1. The van der Waals surface area contributed by atoms with Crippen LogP contribution in [0.3, 0.4) is 0 Å². The van der Waals surface area contributed by atoms with E-state index in [0.717, 1.165) is 23.1 Å². The number of imidazole rings is 1. The Morgan fingerprint density at radius 2 is 2.32 bits per heavy atom. The van der Waals surface area contributed by atoms with Gasteiger partial charge >= 0.3 is 0 Å². The summed E-state index contributed by atoms with van der Waals surface area (Å²) in [6.45, 7) is 5.68. The molecule has 0 unspecified atom stereocenters. The van der Waals surface area contributed by atoms with E-state index in [1.807, 2.05) is 10.8 Å². The van der Waals surface area contributed by atoms with Gasteiger partial charge in [0.2, 0.25) is 0 Å². The van der Waals surface area contributed by atoms with Crippen molar-refractivity contribution in [2.45, 2.75) is 31.9 Å². The van der Waals surface area contributed by atoms with Crippen molar-refractivity contribution >= 4 is 11.3 Å². The van der Waals surface area contributed by atoms with Gasteiger partial charge in [0.1, 0.15) is 0 Å². The smallest absolute Gasteiger partial charge is 0.169 e. The number of rotatable bonds is 3. The highest BCUT2D eigenvalue weighted by Crippen LogP contribution is 2.29. The lowest BCUT2D eigenvalue weighted by Gasteiger charge is -2.17. The number of hydrogen-bond donors (Lipinski definition) is 2. The van der Waals surface area contributed by atoms with Crippen molar-refractivity contribution in [3.8, 4) is 10.8 Å². The van der Waals surface area contributed by atoms with Crippen molar-refractivity contribution in [1.82, 2.24) is 19.9 Å². The second kappa shape index (κ2) is 5.03. The molecule has 0 spiro atoms. The maximum absolute atomic E-state index is 10.00. The van der Waals surface area contributed by atoms with Crippen LogP contribution in [-0.4, -0.2) is 38.8 Å². The van der Waals surface area contributed by atoms with Crippen LogP contribution in [0.4, 0.5) is 0 Å². The molecule has 1 saturated heterocycles. The highest BCUT2D eigenvalue weighted by molar-refractivity contribution is 7.13. The normalized spacial score (nSPS) is 23.4. The molecule has 6 heteroatoms. The van der Waals surface area contributed by atoms with Gasteiger partial charge in [-0.05, 0) is 5.92 Å². The van der Waals surface area contributed by atoms with Crippen LogP contribution in [0.5, 0.6) is 0 Å². The first-order chi connectivity index (χ1) is 9.16. The number of nitrogens with zero attached hydrogens (tertiary/aromatic N) is 3. The predicted octanol–water partition coefficient (Wildman–Crippen LogP) is 1.64. The molecule has 0 aromatic carbocycles. The van der Waals surface area contributed by atoms with Crippen LogP contribution in [0.2, 0.25) is 0 Å². The Kier molecular flexibility index (Phi) is 3.38. The summed E-state index contributed by atoms with van der Waals surface area (Å²) < 4.78 is 2.04. The number of thiazole rings is 1. The number of aliphatic hydroxyl groups excluding tert-OH is 1. The summed E-state index contributed by atoms with van der Waals surface area (Å²) >= 11 is 1.61. The molecule has 2 atom stereocenters. The first-order valence-electron chi connectivity index (χ1n) is 6.54. The van der Waals surface area contributed by atoms with Gasteiger partial charge in [-0.25, -0.2) is 9.97 Å². The lowest BCUT2D eigenvalue weighted by molar-refractivity contribution is 0.151. The zero-order valence-corrected chi connectivity index (χ0v) is 11.9. The Morgan fingerprint density at radius 1 is 1.47 bits per heavy atom. The monoisotopic (exact) mass is 278 g/mol. The molecule has 0 radical (unpaired) electrons. The van der Waals surface area contributed by atoms with Crippen LogP contribution in [0.25, 0.3) is 10.8 Å². The van der Waals surface area contributed by atoms with Crippen molar-refractivity contribution in [3.05, 3.63) is 23.5 Å². The number of hydrogen-bond acceptors (Lipinski definition) is 5. The lowest BCUT2D eigenvalue weighted by atomic mass is 10.2. The van der Waals surface area contributed by atoms with Crippen LogP contribution in [-0.2, 0) is 0 Å². The first-order valence-corrected chi connectivity index (χ1v) is 7.42. The Morgan fingerprint density at radius 3 is 2.95 bits per heavy atom. The van der Waals surface area contributed by atoms with E-state index in [4.69, 9.17) is 0 Å². The van der Waals surface area contributed by atoms with E-state index in [0.29, 0.717) is 12.5 Å². The average molecular weight is 278 g/mol. The molecular formula is C13H18N4OS. The molecule has 1 aliphatic rings. The van der Waals surface area contributed by atoms with Crippen LogP contribution in [0.15, 0.2) is 17.8 Å². The fourth-order valence-electron chi connectivity index (χ4n) is 2.34. The molecule has 0 bridgehead atoms. The average Bonchev–Trinajstić information content (AvgIpc) is 3.06. The van der Waals surface area contributed by atoms with E-state index < -0.39 is 0 Å². The Hall–Kier alpha value is -1.24. The molecule has 5 nitrogen and oxygen atoms in total. The summed E-state index contributed by atoms with van der Waals surface area (Å²) in [4.78, 5) is 9.05. The van der Waals surface area contributed by atoms with E-state index in [9.17, 15) is 5.11 Å². The minimum Gasteiger partial charge on any atom is -0.390 e. The molecule has 2 N–H and O–H groups in total. The van der Waals surface area contributed by atoms with Gasteiger partial charge in [-0.1, -0.05) is 13.8 Å². The third kappa shape index (κ3) is 2.31. The first kappa shape index (κ1) is 12.8. The molecule has 102 valence electrons. The molecule has 3 heterocycles. The van der Waals surface area contributed by atoms with Gasteiger partial charge in [0.05, 0.1) is 17.8 Å². The van der Waals surface area contributed by atoms with E-state index in [2.05, 4.69) is 34.5 Å². The van der Waals surface area contributed by atoms with Gasteiger partial charge in [-0.2, -0.15) is 0 Å². The quantitative estimate of drug-likeness (QED) is 0.896. The van der Waals surface area contributed by atoms with Gasteiger partial charge in [0, 0.05) is 30.9 Å². The number of nitrogens with one attached hydrogen (secondary N) is 1. The maximum Gasteiger partial charge on any atom is 0.169 e. The predicted molar refractivity (Wildman–Crippen MR) is 75.3 cm³/mol. The molecule has 1 aliphatic heterocycles. The van der Waals surface area contributed by atoms with Crippen LogP contribution in [0, 0.1) is 0 Å². The zero-order chi connectivity index (χ0) is 13.4. The van der Waals surface area contributed by atoms with Crippen molar-refractivity contribution in [2.24, 2.45) is 0 Å². The van der Waals surface area contributed by atoms with Crippen LogP contribution < -0.4 is 5.32 Å². The maximum atomic E-state index is 10.00. The molecule has 0 aliphatic carbocycles. The van der Waals surface area contributed by atoms with Crippen molar-refractivity contribution in [3.63, 3.8) is 0 Å². The van der Waals surface area contributed by atoms with Gasteiger partial charge in [0.15, 0.2) is 10.8 Å². The van der Waals surface area contributed by atoms with Crippen LogP contribution in [0.1, 0.15) is 31.5 Å². The van der Waals surface area contributed by atoms with Crippen molar-refractivity contribution in [2.75, 3.05) is 13.1 Å². The minimum atomic E-state index is -0.363. The second-order valence-electron chi connectivity index (χ2n) is 5.18. The fraction of sp³-hybridized carbons (Fsp3) is 0.538. The molecule has 0 amide bonds. The number of aromatic nitrogens is 3. The second-order valence-corrected chi connectivity index (χ2v) is 6.04. The van der Waals surface area contributed by atoms with E-state index in [1.54, 1.807) is 17.5 Å². The van der Waals surface area contributed by atoms with E-state index in [-0.39, 0.29) is 12.1 Å². The summed E-state index contributed by atoms with van der Waals surface area (Å²) in [6, 6.07) is 0.0453. The van der Waals surface area contributed by atoms with E-state index >= 15 is 0 Å². The summed E-state index contributed by atoms with van der Waals surface area (Å²) in [5, 5.41) is 16.2. The molecule has 2 aromatic rings. The lowest BCUT2D eigenvalue weighted by Crippen LogP contribution is -2.22. The third-order valence-corrected chi connectivity index (χ3v) is 4.34. The number of β-amino-alcohol motifs (C(OH)–C–C–N with tert-alkyl or cyclic N) is 1. The highest BCUT2D eigenvalue weighted by Gasteiger charge is 2.28. The van der Waals surface area contributed by atoms with Gasteiger partial charge in [-0.3, -0.25) is 0 Å². The molecular weight excluding hydrogens is 260 g/mol. The van der Waals surface area contributed by atoms with E-state index in [1.165, 1.54) is 0 Å². The molecule has 19 heavy (non-hydrogen) atoms. The summed E-state index contributed by atoms with van der Waals surface area (Å²) in [7, 11) is 0. The summed E-state index contributed by atoms with van der Waals surface area (Å²) in [5.74, 6) is 1.27. The minimum absolute atomic E-state index is 0.0453. The Bertz CT molecular complexity index is 562. The topological polar surface area (TPSA) is 63.0 Å². The van der Waals surface area contributed by atoms with Gasteiger partial charge < -0.3 is 15.0 Å². The molecule has 2 aromatic heterocycles. The summed E-state index contributed by atoms with van der Waals surface area (Å²) in [5.41, 5.74) is 1.10. The third-order valence-electron chi connectivity index (χ3n) is 3.48. The van der Waals surface area contributed by atoms with Crippen molar-refractivity contribution in [1.29, 1.82) is 0 Å². The largest absolute Gasteiger partial charge is 0.390 e. The molecule has 0 saturated carbocycles. The van der Waals surface area contributed by atoms with Crippen LogP contribution >= 0.6 is 11.3 Å². The SMILES string of the molecule is CC(C)c1csc(-c2nccn2[C@@H]2CNC[C@@H]2O)n1. The Labute approximate surface area is 116 Å². The van der Waals surface area contributed by atoms with Crippen molar-refractivity contribution < 1.29 is 5.11 Å². The zero-order valence-electron chi connectivity index (χ0n) is 11.1. The Balaban J connectivity index is 1.94. The van der Waals surface area contributed by atoms with Gasteiger partial charge in [-0.15, -0.1) is 11.3 Å². The summed E-state index contributed by atoms with van der Waals surface area (Å²) in [6.07, 6.45) is 3.33. The molecule has 3 rings (SSSR count). The molecule has 1 fully saturated rings. The fourth-order valence-corrected chi connectivity index (χ4v) is 3.31. The highest BCUT2D eigenvalue weighted by atomic mass is 32.1. The standard InChI is InChI=1S/C13H18N4OS/c1-8(2)9-7-19-13(16-9)12-15-3-4-17(12)10-5-14-6-11(10)18/h3-4,7-8,10-11,14,18H,5-6H2,1-2H3/t10-,11+/m1/s1.